The smallest absolute Gasteiger partial charge is 0.160 e. The van der Waals surface area contributed by atoms with Crippen LogP contribution in [-0.4, -0.2) is 14.5 Å². The van der Waals surface area contributed by atoms with E-state index in [1.165, 1.54) is 33.0 Å². The van der Waals surface area contributed by atoms with Crippen molar-refractivity contribution in [3.05, 3.63) is 188 Å². The maximum absolute atomic E-state index is 6.86. The Morgan fingerprint density at radius 1 is 0.370 bits per heavy atom. The van der Waals surface area contributed by atoms with Crippen LogP contribution in [0.4, 0.5) is 0 Å². The highest BCUT2D eigenvalue weighted by molar-refractivity contribution is 6.13. The molecule has 0 saturated carbocycles. The summed E-state index contributed by atoms with van der Waals surface area (Å²) in [6.45, 7) is 0. The van der Waals surface area contributed by atoms with E-state index < -0.39 is 0 Å². The molecule has 4 heteroatoms. The van der Waals surface area contributed by atoms with Gasteiger partial charge in [0.05, 0.1) is 27.9 Å². The lowest BCUT2D eigenvalue weighted by atomic mass is 10.0. The summed E-state index contributed by atoms with van der Waals surface area (Å²) in [5.74, 6) is 0.661. The predicted molar refractivity (Wildman–Crippen MR) is 223 cm³/mol. The SMILES string of the molecule is c1ccc(-c2ccc(-c3nc(-c4ccc5c(c4)oc4c(-n6c7ccccc7c7ccc(-c8ccccc8)cc76)cccc45)nc4ccccc34)cc2)cc1. The Hall–Kier alpha value is -7.30. The fourth-order valence-corrected chi connectivity index (χ4v) is 8.02. The van der Waals surface area contributed by atoms with Crippen LogP contribution in [0.2, 0.25) is 0 Å². The lowest BCUT2D eigenvalue weighted by molar-refractivity contribution is 0.666. The summed E-state index contributed by atoms with van der Waals surface area (Å²) < 4.78 is 9.22. The Labute approximate surface area is 311 Å². The highest BCUT2D eigenvalue weighted by atomic mass is 16.3. The maximum atomic E-state index is 6.86. The minimum absolute atomic E-state index is 0.661. The summed E-state index contributed by atoms with van der Waals surface area (Å²) in [6, 6.07) is 66.1. The van der Waals surface area contributed by atoms with Gasteiger partial charge in [0.2, 0.25) is 0 Å². The van der Waals surface area contributed by atoms with Crippen LogP contribution in [0.3, 0.4) is 0 Å². The molecular weight excluding hydrogens is 659 g/mol. The normalized spacial score (nSPS) is 11.7. The van der Waals surface area contributed by atoms with Gasteiger partial charge in [-0.15, -0.1) is 0 Å². The van der Waals surface area contributed by atoms with E-state index >= 15 is 0 Å². The first kappa shape index (κ1) is 30.3. The summed E-state index contributed by atoms with van der Waals surface area (Å²) in [5.41, 5.74) is 13.4. The van der Waals surface area contributed by atoms with Gasteiger partial charge in [-0.25, -0.2) is 9.97 Å². The molecule has 0 spiro atoms. The number of rotatable bonds is 5. The second-order valence-corrected chi connectivity index (χ2v) is 13.8. The van der Waals surface area contributed by atoms with Gasteiger partial charge in [-0.1, -0.05) is 152 Å². The van der Waals surface area contributed by atoms with Crippen LogP contribution < -0.4 is 0 Å². The van der Waals surface area contributed by atoms with E-state index in [0.29, 0.717) is 5.82 Å². The molecule has 0 N–H and O–H groups in total. The summed E-state index contributed by atoms with van der Waals surface area (Å²) in [5, 5.41) is 5.56. The third-order valence-corrected chi connectivity index (χ3v) is 10.6. The van der Waals surface area contributed by atoms with Gasteiger partial charge >= 0.3 is 0 Å². The molecule has 3 heterocycles. The van der Waals surface area contributed by atoms with Crippen LogP contribution in [0.5, 0.6) is 0 Å². The Bertz CT molecular complexity index is 3200. The van der Waals surface area contributed by atoms with E-state index in [1.54, 1.807) is 0 Å². The first-order chi connectivity index (χ1) is 26.8. The second kappa shape index (κ2) is 12.1. The third kappa shape index (κ3) is 4.85. The van der Waals surface area contributed by atoms with E-state index in [-0.39, 0.29) is 0 Å². The molecule has 252 valence electrons. The zero-order valence-corrected chi connectivity index (χ0v) is 29.1. The number of para-hydroxylation sites is 3. The number of aromatic nitrogens is 3. The van der Waals surface area contributed by atoms with Gasteiger partial charge in [0, 0.05) is 38.1 Å². The second-order valence-electron chi connectivity index (χ2n) is 13.8. The number of hydrogen-bond donors (Lipinski definition) is 0. The molecule has 11 aromatic rings. The monoisotopic (exact) mass is 689 g/mol. The third-order valence-electron chi connectivity index (χ3n) is 10.6. The van der Waals surface area contributed by atoms with Gasteiger partial charge in [0.1, 0.15) is 5.58 Å². The Kier molecular flexibility index (Phi) is 6.82. The molecule has 4 nitrogen and oxygen atoms in total. The quantitative estimate of drug-likeness (QED) is 0.181. The molecule has 0 unspecified atom stereocenters. The minimum Gasteiger partial charge on any atom is -0.454 e. The van der Waals surface area contributed by atoms with Crippen LogP contribution in [0.1, 0.15) is 0 Å². The molecule has 0 aliphatic carbocycles. The molecule has 0 aliphatic rings. The zero-order chi connectivity index (χ0) is 35.6. The fourth-order valence-electron chi connectivity index (χ4n) is 8.02. The van der Waals surface area contributed by atoms with E-state index in [9.17, 15) is 0 Å². The van der Waals surface area contributed by atoms with Gasteiger partial charge in [-0.05, 0) is 58.7 Å². The highest BCUT2D eigenvalue weighted by Gasteiger charge is 2.19. The van der Waals surface area contributed by atoms with E-state index in [1.807, 2.05) is 18.2 Å². The van der Waals surface area contributed by atoms with Crippen LogP contribution in [-0.2, 0) is 0 Å². The first-order valence-electron chi connectivity index (χ1n) is 18.2. The Balaban J connectivity index is 1.06. The van der Waals surface area contributed by atoms with Crippen molar-refractivity contribution in [2.75, 3.05) is 0 Å². The molecule has 0 radical (unpaired) electrons. The Morgan fingerprint density at radius 3 is 1.78 bits per heavy atom. The minimum atomic E-state index is 0.661. The van der Waals surface area contributed by atoms with Crippen molar-refractivity contribution in [2.24, 2.45) is 0 Å². The lowest BCUT2D eigenvalue weighted by Gasteiger charge is -2.10. The maximum Gasteiger partial charge on any atom is 0.160 e. The van der Waals surface area contributed by atoms with Crippen LogP contribution in [0, 0.1) is 0 Å². The molecule has 0 fully saturated rings. The van der Waals surface area contributed by atoms with Crippen molar-refractivity contribution in [3.63, 3.8) is 0 Å². The van der Waals surface area contributed by atoms with Gasteiger partial charge in [-0.3, -0.25) is 0 Å². The van der Waals surface area contributed by atoms with Gasteiger partial charge in [0.25, 0.3) is 0 Å². The van der Waals surface area contributed by atoms with Crippen molar-refractivity contribution in [1.82, 2.24) is 14.5 Å². The van der Waals surface area contributed by atoms with Crippen molar-refractivity contribution in [3.8, 4) is 50.6 Å². The molecule has 3 aromatic heterocycles. The molecule has 0 bridgehead atoms. The Morgan fingerprint density at radius 2 is 0.963 bits per heavy atom. The molecule has 54 heavy (non-hydrogen) atoms. The fraction of sp³-hybridized carbons (Fsp3) is 0. The summed E-state index contributed by atoms with van der Waals surface area (Å²) in [4.78, 5) is 10.3. The zero-order valence-electron chi connectivity index (χ0n) is 29.1. The summed E-state index contributed by atoms with van der Waals surface area (Å²) in [7, 11) is 0. The molecule has 0 amide bonds. The largest absolute Gasteiger partial charge is 0.454 e. The van der Waals surface area contributed by atoms with Gasteiger partial charge in [0.15, 0.2) is 11.4 Å². The summed E-state index contributed by atoms with van der Waals surface area (Å²) >= 11 is 0. The van der Waals surface area contributed by atoms with Crippen LogP contribution >= 0.6 is 0 Å². The van der Waals surface area contributed by atoms with E-state index in [2.05, 4.69) is 174 Å². The van der Waals surface area contributed by atoms with E-state index in [0.717, 1.165) is 66.4 Å². The standard InChI is InChI=1S/C50H31N3O/c1-3-12-32(13-4-1)34-22-24-35(25-23-34)48-42-17-7-9-19-43(42)51-50(52-48)37-27-29-40-41-18-11-21-45(49(41)54-47(40)31-37)53-44-20-10-8-16-38(44)39-28-26-36(30-46(39)53)33-14-5-2-6-15-33/h1-31H. The van der Waals surface area contributed by atoms with Crippen molar-refractivity contribution < 1.29 is 4.42 Å². The number of fused-ring (bicyclic) bond motifs is 7. The molecule has 8 aromatic carbocycles. The van der Waals surface area contributed by atoms with Crippen molar-refractivity contribution >= 4 is 54.6 Å². The lowest BCUT2D eigenvalue weighted by Crippen LogP contribution is -1.95. The van der Waals surface area contributed by atoms with Crippen LogP contribution in [0.15, 0.2) is 192 Å². The average molecular weight is 690 g/mol. The molecular formula is C50H31N3O. The topological polar surface area (TPSA) is 43.9 Å². The highest BCUT2D eigenvalue weighted by Crippen LogP contribution is 2.40. The number of nitrogens with zero attached hydrogens (tertiary/aromatic N) is 3. The molecule has 0 atom stereocenters. The number of benzene rings is 8. The molecule has 11 rings (SSSR count). The molecule has 0 aliphatic heterocycles. The van der Waals surface area contributed by atoms with Crippen molar-refractivity contribution in [2.45, 2.75) is 0 Å². The average Bonchev–Trinajstić information content (AvgIpc) is 3.79. The van der Waals surface area contributed by atoms with Gasteiger partial charge in [-0.2, -0.15) is 0 Å². The summed E-state index contributed by atoms with van der Waals surface area (Å²) in [6.07, 6.45) is 0. The number of furan rings is 1. The number of hydrogen-bond acceptors (Lipinski definition) is 3. The van der Waals surface area contributed by atoms with Gasteiger partial charge < -0.3 is 8.98 Å². The van der Waals surface area contributed by atoms with Crippen molar-refractivity contribution in [1.29, 1.82) is 0 Å². The van der Waals surface area contributed by atoms with Crippen LogP contribution in [0.25, 0.3) is 105 Å². The van der Waals surface area contributed by atoms with E-state index in [4.69, 9.17) is 14.4 Å². The molecule has 0 saturated heterocycles. The first-order valence-corrected chi connectivity index (χ1v) is 18.2. The predicted octanol–water partition coefficient (Wildman–Crippen LogP) is 13.3.